The molecule has 2 heterocycles. The number of hydrogen-bond acceptors (Lipinski definition) is 4. The van der Waals surface area contributed by atoms with Gasteiger partial charge in [-0.2, -0.15) is 0 Å². The van der Waals surface area contributed by atoms with Gasteiger partial charge in [-0.15, -0.1) is 0 Å². The third kappa shape index (κ3) is 0.832. The molecule has 0 fully saturated rings. The number of rotatable bonds is 0. The molecule has 7 heteroatoms. The van der Waals surface area contributed by atoms with E-state index in [9.17, 15) is 9.59 Å². The molecular formula is C7H9N5O2. The summed E-state index contributed by atoms with van der Waals surface area (Å²) in [6, 6.07) is 0. The molecule has 0 spiro atoms. The Morgan fingerprint density at radius 3 is 2.57 bits per heavy atom. The Morgan fingerprint density at radius 2 is 1.93 bits per heavy atom. The Labute approximate surface area is 78.0 Å². The SMILES string of the molecule is Cn1c(=O)c2c(ncn2N)n(C)c1=O. The van der Waals surface area contributed by atoms with Crippen molar-refractivity contribution in [2.24, 2.45) is 14.1 Å². The molecule has 0 aliphatic heterocycles. The summed E-state index contributed by atoms with van der Waals surface area (Å²) >= 11 is 0. The lowest BCUT2D eigenvalue weighted by Gasteiger charge is -2.02. The molecular weight excluding hydrogens is 186 g/mol. The van der Waals surface area contributed by atoms with Crippen molar-refractivity contribution in [3.8, 4) is 0 Å². The molecule has 0 aliphatic rings. The van der Waals surface area contributed by atoms with Gasteiger partial charge < -0.3 is 5.84 Å². The van der Waals surface area contributed by atoms with Crippen molar-refractivity contribution in [3.63, 3.8) is 0 Å². The van der Waals surface area contributed by atoms with Crippen LogP contribution in [-0.2, 0) is 14.1 Å². The summed E-state index contributed by atoms with van der Waals surface area (Å²) in [6.07, 6.45) is 1.30. The smallest absolute Gasteiger partial charge is 0.332 e. The molecule has 0 bridgehead atoms. The summed E-state index contributed by atoms with van der Waals surface area (Å²) in [4.78, 5) is 26.9. The zero-order chi connectivity index (χ0) is 10.5. The van der Waals surface area contributed by atoms with Crippen LogP contribution in [-0.4, -0.2) is 18.8 Å². The van der Waals surface area contributed by atoms with E-state index in [-0.39, 0.29) is 5.52 Å². The summed E-state index contributed by atoms with van der Waals surface area (Å²) in [5.41, 5.74) is -0.348. The number of aromatic nitrogens is 4. The highest BCUT2D eigenvalue weighted by molar-refractivity contribution is 5.69. The fourth-order valence-electron chi connectivity index (χ4n) is 1.36. The van der Waals surface area contributed by atoms with Gasteiger partial charge in [0.05, 0.1) is 0 Å². The van der Waals surface area contributed by atoms with E-state index < -0.39 is 11.2 Å². The third-order valence-electron chi connectivity index (χ3n) is 2.17. The fraction of sp³-hybridized carbons (Fsp3) is 0.286. The second-order valence-electron chi connectivity index (χ2n) is 3.03. The molecule has 0 amide bonds. The molecule has 2 N–H and O–H groups in total. The number of nitrogen functional groups attached to an aromatic ring is 1. The zero-order valence-corrected chi connectivity index (χ0v) is 7.76. The van der Waals surface area contributed by atoms with Crippen LogP contribution in [0, 0.1) is 0 Å². The molecule has 0 aromatic carbocycles. The van der Waals surface area contributed by atoms with Crippen LogP contribution in [0.4, 0.5) is 0 Å². The van der Waals surface area contributed by atoms with Gasteiger partial charge in [-0.05, 0) is 0 Å². The van der Waals surface area contributed by atoms with Gasteiger partial charge >= 0.3 is 5.69 Å². The Morgan fingerprint density at radius 1 is 1.29 bits per heavy atom. The molecule has 0 saturated heterocycles. The van der Waals surface area contributed by atoms with Crippen molar-refractivity contribution in [2.45, 2.75) is 0 Å². The number of hydrogen-bond donors (Lipinski definition) is 1. The molecule has 7 nitrogen and oxygen atoms in total. The molecule has 0 radical (unpaired) electrons. The number of fused-ring (bicyclic) bond motifs is 1. The van der Waals surface area contributed by atoms with E-state index in [0.717, 1.165) is 9.24 Å². The second-order valence-corrected chi connectivity index (χ2v) is 3.03. The van der Waals surface area contributed by atoms with Gasteiger partial charge in [-0.25, -0.2) is 14.5 Å². The van der Waals surface area contributed by atoms with E-state index in [0.29, 0.717) is 5.65 Å². The van der Waals surface area contributed by atoms with E-state index in [1.807, 2.05) is 0 Å². The molecule has 0 unspecified atom stereocenters. The van der Waals surface area contributed by atoms with Crippen molar-refractivity contribution in [1.82, 2.24) is 18.8 Å². The van der Waals surface area contributed by atoms with Crippen LogP contribution in [0.5, 0.6) is 0 Å². The summed E-state index contributed by atoms with van der Waals surface area (Å²) in [7, 11) is 2.94. The summed E-state index contributed by atoms with van der Waals surface area (Å²) in [5, 5.41) is 0. The maximum atomic E-state index is 11.6. The maximum Gasteiger partial charge on any atom is 0.332 e. The average molecular weight is 195 g/mol. The monoisotopic (exact) mass is 195 g/mol. The van der Waals surface area contributed by atoms with Gasteiger partial charge in [-0.3, -0.25) is 13.9 Å². The minimum absolute atomic E-state index is 0.217. The topological polar surface area (TPSA) is 87.8 Å². The summed E-state index contributed by atoms with van der Waals surface area (Å²) < 4.78 is 3.38. The van der Waals surface area contributed by atoms with Crippen LogP contribution in [0.2, 0.25) is 0 Å². The predicted molar refractivity (Wildman–Crippen MR) is 50.4 cm³/mol. The molecule has 2 aromatic rings. The number of imidazole rings is 1. The van der Waals surface area contributed by atoms with Crippen molar-refractivity contribution in [2.75, 3.05) is 5.84 Å². The van der Waals surface area contributed by atoms with Crippen LogP contribution < -0.4 is 17.1 Å². The highest BCUT2D eigenvalue weighted by Crippen LogP contribution is 2.00. The van der Waals surface area contributed by atoms with Crippen molar-refractivity contribution >= 4 is 11.2 Å². The molecule has 2 rings (SSSR count). The maximum absolute atomic E-state index is 11.6. The van der Waals surface area contributed by atoms with Gasteiger partial charge in [0.2, 0.25) is 0 Å². The van der Waals surface area contributed by atoms with E-state index in [1.54, 1.807) is 0 Å². The number of nitrogens with two attached hydrogens (primary N) is 1. The van der Waals surface area contributed by atoms with Gasteiger partial charge in [-0.1, -0.05) is 0 Å². The summed E-state index contributed by atoms with van der Waals surface area (Å²) in [5.74, 6) is 5.49. The van der Waals surface area contributed by atoms with E-state index in [4.69, 9.17) is 5.84 Å². The van der Waals surface area contributed by atoms with E-state index >= 15 is 0 Å². The first-order valence-corrected chi connectivity index (χ1v) is 3.92. The first-order chi connectivity index (χ1) is 6.54. The van der Waals surface area contributed by atoms with Crippen LogP contribution in [0.1, 0.15) is 0 Å². The van der Waals surface area contributed by atoms with Crippen LogP contribution in [0.25, 0.3) is 11.2 Å². The minimum atomic E-state index is -0.442. The van der Waals surface area contributed by atoms with Gasteiger partial charge in [0.1, 0.15) is 6.33 Å². The first-order valence-electron chi connectivity index (χ1n) is 3.92. The zero-order valence-electron chi connectivity index (χ0n) is 7.76. The Bertz CT molecular complexity index is 617. The molecule has 0 saturated carbocycles. The lowest BCUT2D eigenvalue weighted by atomic mass is 10.5. The highest BCUT2D eigenvalue weighted by atomic mass is 16.2. The van der Waals surface area contributed by atoms with Gasteiger partial charge in [0, 0.05) is 14.1 Å². The van der Waals surface area contributed by atoms with Crippen molar-refractivity contribution in [3.05, 3.63) is 27.2 Å². The second kappa shape index (κ2) is 2.47. The van der Waals surface area contributed by atoms with Crippen LogP contribution in [0.3, 0.4) is 0 Å². The predicted octanol–water partition coefficient (Wildman–Crippen LogP) is -1.85. The quantitative estimate of drug-likeness (QED) is 0.500. The Hall–Kier alpha value is -2.05. The highest BCUT2D eigenvalue weighted by Gasteiger charge is 2.12. The molecule has 0 aliphatic carbocycles. The lowest BCUT2D eigenvalue weighted by molar-refractivity contribution is 0.707. The minimum Gasteiger partial charge on any atom is -0.337 e. The van der Waals surface area contributed by atoms with Gasteiger partial charge in [0.25, 0.3) is 5.56 Å². The van der Waals surface area contributed by atoms with Gasteiger partial charge in [0.15, 0.2) is 11.2 Å². The largest absolute Gasteiger partial charge is 0.337 e. The normalized spacial score (nSPS) is 11.0. The average Bonchev–Trinajstić information content (AvgIpc) is 2.54. The number of nitrogens with zero attached hydrogens (tertiary/aromatic N) is 4. The first kappa shape index (κ1) is 8.54. The van der Waals surface area contributed by atoms with Crippen molar-refractivity contribution < 1.29 is 0 Å². The Kier molecular flexibility index (Phi) is 1.51. The van der Waals surface area contributed by atoms with Crippen LogP contribution in [0.15, 0.2) is 15.9 Å². The Balaban J connectivity index is 3.22. The molecule has 14 heavy (non-hydrogen) atoms. The standard InChI is InChI=1S/C7H9N5O2/c1-10-5-4(12(8)3-9-5)6(13)11(2)7(10)14/h3H,8H2,1-2H3. The molecule has 2 aromatic heterocycles. The van der Waals surface area contributed by atoms with Crippen LogP contribution >= 0.6 is 0 Å². The number of aryl methyl sites for hydroxylation is 1. The molecule has 0 atom stereocenters. The fourth-order valence-corrected chi connectivity index (χ4v) is 1.36. The van der Waals surface area contributed by atoms with E-state index in [2.05, 4.69) is 4.98 Å². The third-order valence-corrected chi connectivity index (χ3v) is 2.17. The summed E-state index contributed by atoms with van der Waals surface area (Å²) in [6.45, 7) is 0. The lowest BCUT2D eigenvalue weighted by Crippen LogP contribution is -2.38. The molecule has 74 valence electrons. The van der Waals surface area contributed by atoms with E-state index in [1.165, 1.54) is 25.0 Å². The van der Waals surface area contributed by atoms with Crippen molar-refractivity contribution in [1.29, 1.82) is 0 Å².